The quantitative estimate of drug-likeness (QED) is 0.746. The van der Waals surface area contributed by atoms with Crippen molar-refractivity contribution in [1.82, 2.24) is 20.0 Å². The van der Waals surface area contributed by atoms with Crippen LogP contribution in [0.4, 0.5) is 0 Å². The predicted octanol–water partition coefficient (Wildman–Crippen LogP) is 3.56. The second-order valence-corrected chi connectivity index (χ2v) is 8.12. The molecule has 5 nitrogen and oxygen atoms in total. The molecular formula is C24H26N4O. The number of benzene rings is 2. The van der Waals surface area contributed by atoms with Crippen LogP contribution in [0.5, 0.6) is 0 Å². The molecule has 2 bridgehead atoms. The molecule has 2 fully saturated rings. The molecule has 2 aliphatic heterocycles. The van der Waals surface area contributed by atoms with Gasteiger partial charge < -0.3 is 10.2 Å². The summed E-state index contributed by atoms with van der Waals surface area (Å²) in [6.45, 7) is 2.25. The standard InChI is InChI=1S/C24H26N4O/c29-24(27-14-13-20-11-12-21(16-27)25-20)22-17-28(15-18-7-3-1-4-8-18)26-23(22)19-9-5-2-6-10-19/h1-10,17,20-21,25H,11-16H2. The fraction of sp³-hybridized carbons (Fsp3) is 0.333. The van der Waals surface area contributed by atoms with E-state index in [4.69, 9.17) is 5.10 Å². The second kappa shape index (κ2) is 7.84. The zero-order valence-corrected chi connectivity index (χ0v) is 16.5. The van der Waals surface area contributed by atoms with E-state index in [1.807, 2.05) is 64.3 Å². The summed E-state index contributed by atoms with van der Waals surface area (Å²) in [5.74, 6) is 0.0949. The Hall–Kier alpha value is -2.92. The minimum absolute atomic E-state index is 0.0949. The third-order valence-corrected chi connectivity index (χ3v) is 6.04. The highest BCUT2D eigenvalue weighted by Gasteiger charge is 2.32. The van der Waals surface area contributed by atoms with Gasteiger partial charge in [0.25, 0.3) is 5.91 Å². The highest BCUT2D eigenvalue weighted by atomic mass is 16.2. The van der Waals surface area contributed by atoms with Crippen LogP contribution in [0.1, 0.15) is 35.2 Å². The number of amides is 1. The van der Waals surface area contributed by atoms with Crippen LogP contribution in [0, 0.1) is 0 Å². The van der Waals surface area contributed by atoms with Crippen LogP contribution < -0.4 is 5.32 Å². The molecule has 0 aliphatic carbocycles. The molecule has 0 spiro atoms. The molecule has 2 saturated heterocycles. The van der Waals surface area contributed by atoms with Crippen molar-refractivity contribution < 1.29 is 4.79 Å². The van der Waals surface area contributed by atoms with Gasteiger partial charge in [-0.3, -0.25) is 9.48 Å². The molecule has 0 radical (unpaired) electrons. The van der Waals surface area contributed by atoms with Crippen molar-refractivity contribution in [1.29, 1.82) is 0 Å². The number of nitrogens with zero attached hydrogens (tertiary/aromatic N) is 3. The first-order chi connectivity index (χ1) is 14.3. The summed E-state index contributed by atoms with van der Waals surface area (Å²) in [7, 11) is 0. The summed E-state index contributed by atoms with van der Waals surface area (Å²) in [6, 6.07) is 21.3. The average Bonchev–Trinajstić information content (AvgIpc) is 3.32. The van der Waals surface area contributed by atoms with E-state index >= 15 is 0 Å². The molecule has 1 N–H and O–H groups in total. The van der Waals surface area contributed by atoms with Gasteiger partial charge in [0, 0.05) is 36.9 Å². The molecule has 148 valence electrons. The van der Waals surface area contributed by atoms with E-state index in [0.717, 1.165) is 37.2 Å². The monoisotopic (exact) mass is 386 g/mol. The largest absolute Gasteiger partial charge is 0.337 e. The number of fused-ring (bicyclic) bond motifs is 2. The van der Waals surface area contributed by atoms with Gasteiger partial charge in [-0.25, -0.2) is 0 Å². The lowest BCUT2D eigenvalue weighted by Gasteiger charge is -2.24. The first-order valence-electron chi connectivity index (χ1n) is 10.5. The van der Waals surface area contributed by atoms with E-state index in [-0.39, 0.29) is 5.91 Å². The van der Waals surface area contributed by atoms with Gasteiger partial charge in [-0.1, -0.05) is 60.7 Å². The molecule has 1 amide bonds. The molecule has 0 saturated carbocycles. The summed E-state index contributed by atoms with van der Waals surface area (Å²) < 4.78 is 1.90. The van der Waals surface area contributed by atoms with Crippen LogP contribution in [0.15, 0.2) is 66.9 Å². The zero-order valence-electron chi connectivity index (χ0n) is 16.5. The van der Waals surface area contributed by atoms with Gasteiger partial charge in [0.15, 0.2) is 0 Å². The molecule has 5 rings (SSSR count). The van der Waals surface area contributed by atoms with E-state index in [1.54, 1.807) is 0 Å². The topological polar surface area (TPSA) is 50.2 Å². The van der Waals surface area contributed by atoms with Crippen molar-refractivity contribution in [3.63, 3.8) is 0 Å². The third kappa shape index (κ3) is 3.83. The Morgan fingerprint density at radius 3 is 2.48 bits per heavy atom. The van der Waals surface area contributed by atoms with Crippen LogP contribution in [0.2, 0.25) is 0 Å². The van der Waals surface area contributed by atoms with Gasteiger partial charge in [0.05, 0.1) is 12.1 Å². The maximum absolute atomic E-state index is 13.5. The maximum atomic E-state index is 13.5. The Morgan fingerprint density at radius 1 is 0.966 bits per heavy atom. The predicted molar refractivity (Wildman–Crippen MR) is 114 cm³/mol. The molecule has 2 unspecified atom stereocenters. The Bertz CT molecular complexity index is 983. The number of nitrogens with one attached hydrogen (secondary N) is 1. The molecule has 2 aromatic carbocycles. The van der Waals surface area contributed by atoms with Crippen molar-refractivity contribution in [3.05, 3.63) is 78.0 Å². The summed E-state index contributed by atoms with van der Waals surface area (Å²) in [4.78, 5) is 15.6. The summed E-state index contributed by atoms with van der Waals surface area (Å²) in [6.07, 6.45) is 5.35. The van der Waals surface area contributed by atoms with E-state index < -0.39 is 0 Å². The van der Waals surface area contributed by atoms with E-state index in [2.05, 4.69) is 17.4 Å². The van der Waals surface area contributed by atoms with Gasteiger partial charge in [0.2, 0.25) is 0 Å². The summed E-state index contributed by atoms with van der Waals surface area (Å²) in [5.41, 5.74) is 3.63. The number of carbonyl (C=O) groups is 1. The zero-order chi connectivity index (χ0) is 19.6. The Labute approximate surface area is 171 Å². The minimum atomic E-state index is 0.0949. The number of rotatable bonds is 4. The average molecular weight is 386 g/mol. The van der Waals surface area contributed by atoms with Crippen LogP contribution in [-0.4, -0.2) is 45.8 Å². The first-order valence-corrected chi connectivity index (χ1v) is 10.5. The molecule has 3 aromatic rings. The van der Waals surface area contributed by atoms with Gasteiger partial charge >= 0.3 is 0 Å². The van der Waals surface area contributed by atoms with E-state index in [1.165, 1.54) is 12.0 Å². The summed E-state index contributed by atoms with van der Waals surface area (Å²) >= 11 is 0. The highest BCUT2D eigenvalue weighted by Crippen LogP contribution is 2.26. The molecule has 29 heavy (non-hydrogen) atoms. The first kappa shape index (κ1) is 18.1. The number of hydrogen-bond donors (Lipinski definition) is 1. The Balaban J connectivity index is 1.47. The van der Waals surface area contributed by atoms with Crippen LogP contribution in [0.3, 0.4) is 0 Å². The second-order valence-electron chi connectivity index (χ2n) is 8.12. The lowest BCUT2D eigenvalue weighted by atomic mass is 10.1. The minimum Gasteiger partial charge on any atom is -0.337 e. The third-order valence-electron chi connectivity index (χ3n) is 6.04. The van der Waals surface area contributed by atoms with Gasteiger partial charge in [0.1, 0.15) is 5.69 Å². The van der Waals surface area contributed by atoms with E-state index in [0.29, 0.717) is 24.2 Å². The van der Waals surface area contributed by atoms with Crippen LogP contribution >= 0.6 is 0 Å². The van der Waals surface area contributed by atoms with Crippen LogP contribution in [0.25, 0.3) is 11.3 Å². The molecule has 2 atom stereocenters. The normalized spacial score (nSPS) is 21.2. The van der Waals surface area contributed by atoms with Gasteiger partial charge in [-0.2, -0.15) is 5.10 Å². The van der Waals surface area contributed by atoms with Crippen LogP contribution in [-0.2, 0) is 6.54 Å². The SMILES string of the molecule is O=C(c1cn(Cc2ccccc2)nc1-c1ccccc1)N1CCC2CCC(C1)N2. The van der Waals surface area contributed by atoms with Crippen molar-refractivity contribution in [2.45, 2.75) is 37.9 Å². The molecular weight excluding hydrogens is 360 g/mol. The van der Waals surface area contributed by atoms with E-state index in [9.17, 15) is 4.79 Å². The van der Waals surface area contributed by atoms with Crippen molar-refractivity contribution in [3.8, 4) is 11.3 Å². The molecule has 1 aromatic heterocycles. The van der Waals surface area contributed by atoms with Gasteiger partial charge in [-0.05, 0) is 24.8 Å². The Morgan fingerprint density at radius 2 is 1.69 bits per heavy atom. The van der Waals surface area contributed by atoms with Gasteiger partial charge in [-0.15, -0.1) is 0 Å². The summed E-state index contributed by atoms with van der Waals surface area (Å²) in [5, 5.41) is 8.48. The highest BCUT2D eigenvalue weighted by molar-refractivity contribution is 5.99. The maximum Gasteiger partial charge on any atom is 0.257 e. The fourth-order valence-electron chi connectivity index (χ4n) is 4.54. The number of likely N-dealkylation sites (tertiary alicyclic amines) is 1. The number of hydrogen-bond acceptors (Lipinski definition) is 3. The van der Waals surface area contributed by atoms with Crippen molar-refractivity contribution in [2.24, 2.45) is 0 Å². The Kier molecular flexibility index (Phi) is 4.90. The smallest absolute Gasteiger partial charge is 0.257 e. The lowest BCUT2D eigenvalue weighted by molar-refractivity contribution is 0.0749. The molecule has 2 aliphatic rings. The molecule has 3 heterocycles. The number of carbonyl (C=O) groups excluding carboxylic acids is 1. The number of aromatic nitrogens is 2. The van der Waals surface area contributed by atoms with Crippen molar-refractivity contribution in [2.75, 3.05) is 13.1 Å². The van der Waals surface area contributed by atoms with Crippen molar-refractivity contribution >= 4 is 5.91 Å². The lowest BCUT2D eigenvalue weighted by Crippen LogP contribution is -2.39. The molecule has 5 heteroatoms. The fourth-order valence-corrected chi connectivity index (χ4v) is 4.54.